The summed E-state index contributed by atoms with van der Waals surface area (Å²) in [6.07, 6.45) is 8.59. The molecular weight excluding hydrogens is 340 g/mol. The molecule has 5 nitrogen and oxygen atoms in total. The molecule has 27 heavy (non-hydrogen) atoms. The van der Waals surface area contributed by atoms with Gasteiger partial charge in [0, 0.05) is 24.9 Å². The largest absolute Gasteiger partial charge is 0.375 e. The molecular formula is C22H30N2O3. The molecule has 4 aliphatic carbocycles. The van der Waals surface area contributed by atoms with Crippen LogP contribution >= 0.6 is 0 Å². The van der Waals surface area contributed by atoms with Gasteiger partial charge in [0.2, 0.25) is 11.8 Å². The average molecular weight is 370 g/mol. The molecule has 0 unspecified atom stereocenters. The Hall–Kier alpha value is -1.88. The van der Waals surface area contributed by atoms with Crippen LogP contribution in [-0.2, 0) is 14.3 Å². The van der Waals surface area contributed by atoms with Gasteiger partial charge >= 0.3 is 0 Å². The van der Waals surface area contributed by atoms with Crippen molar-refractivity contribution in [1.29, 1.82) is 0 Å². The molecule has 5 heteroatoms. The van der Waals surface area contributed by atoms with Gasteiger partial charge in [-0.2, -0.15) is 0 Å². The monoisotopic (exact) mass is 370 g/mol. The van der Waals surface area contributed by atoms with Gasteiger partial charge in [0.15, 0.2) is 0 Å². The van der Waals surface area contributed by atoms with E-state index >= 15 is 0 Å². The zero-order valence-corrected chi connectivity index (χ0v) is 16.3. The fraction of sp³-hybridized carbons (Fsp3) is 0.636. The van der Waals surface area contributed by atoms with Gasteiger partial charge in [-0.05, 0) is 92.4 Å². The Balaban J connectivity index is 1.37. The lowest BCUT2D eigenvalue weighted by Crippen LogP contribution is -2.47. The van der Waals surface area contributed by atoms with Crippen LogP contribution in [0.25, 0.3) is 0 Å². The van der Waals surface area contributed by atoms with Crippen LogP contribution in [0.3, 0.4) is 0 Å². The number of benzene rings is 1. The Bertz CT molecular complexity index is 708. The van der Waals surface area contributed by atoms with E-state index in [0.717, 1.165) is 34.7 Å². The van der Waals surface area contributed by atoms with Crippen LogP contribution in [0.4, 0.5) is 11.4 Å². The molecule has 2 N–H and O–H groups in total. The minimum atomic E-state index is -0.181. The molecule has 0 saturated heterocycles. The molecule has 0 aliphatic heterocycles. The van der Waals surface area contributed by atoms with Crippen LogP contribution in [-0.4, -0.2) is 25.5 Å². The van der Waals surface area contributed by atoms with E-state index in [-0.39, 0.29) is 23.8 Å². The summed E-state index contributed by atoms with van der Waals surface area (Å²) in [6.45, 7) is 1.96. The normalized spacial score (nSPS) is 31.0. The number of rotatable bonds is 6. The summed E-state index contributed by atoms with van der Waals surface area (Å²) >= 11 is 0. The second kappa shape index (κ2) is 7.27. The number of aryl methyl sites for hydroxylation is 1. The lowest BCUT2D eigenvalue weighted by molar-refractivity contribution is -0.124. The number of anilines is 2. The Morgan fingerprint density at radius 3 is 2.22 bits per heavy atom. The molecule has 0 radical (unpaired) electrons. The standard InChI is InChI=1S/C22H30N2O3/c1-14-5-18(3-4-19(14)24-21(26)13-27-2)23-20(25)12-22-9-15-6-16(10-22)8-17(7-15)11-22/h3-5,15-17H,6-13H2,1-2H3,(H,23,25)(H,24,26). The lowest BCUT2D eigenvalue weighted by atomic mass is 9.49. The number of nitrogens with one attached hydrogen (secondary N) is 2. The van der Waals surface area contributed by atoms with Crippen LogP contribution in [0.2, 0.25) is 0 Å². The van der Waals surface area contributed by atoms with Gasteiger partial charge in [-0.3, -0.25) is 9.59 Å². The third-order valence-corrected chi connectivity index (χ3v) is 6.76. The summed E-state index contributed by atoms with van der Waals surface area (Å²) in [4.78, 5) is 24.4. The van der Waals surface area contributed by atoms with E-state index in [9.17, 15) is 9.59 Å². The number of carbonyl (C=O) groups excluding carboxylic acids is 2. The fourth-order valence-corrected chi connectivity index (χ4v) is 6.25. The molecule has 1 aromatic carbocycles. The van der Waals surface area contributed by atoms with Crippen molar-refractivity contribution in [2.24, 2.45) is 23.2 Å². The van der Waals surface area contributed by atoms with Gasteiger partial charge in [-0.1, -0.05) is 0 Å². The molecule has 2 amide bonds. The lowest BCUT2D eigenvalue weighted by Gasteiger charge is -2.56. The van der Waals surface area contributed by atoms with Crippen LogP contribution in [0.1, 0.15) is 50.5 Å². The molecule has 0 spiro atoms. The first-order chi connectivity index (χ1) is 12.9. The molecule has 146 valence electrons. The fourth-order valence-electron chi connectivity index (χ4n) is 6.25. The SMILES string of the molecule is COCC(=O)Nc1ccc(NC(=O)CC23CC4CC(CC(C4)C2)C3)cc1C. The topological polar surface area (TPSA) is 67.4 Å². The first kappa shape index (κ1) is 18.5. The second-order valence-electron chi connectivity index (χ2n) is 9.15. The number of ether oxygens (including phenoxy) is 1. The van der Waals surface area contributed by atoms with E-state index in [1.54, 1.807) is 0 Å². The number of amides is 2. The predicted molar refractivity (Wildman–Crippen MR) is 106 cm³/mol. The van der Waals surface area contributed by atoms with Crippen molar-refractivity contribution < 1.29 is 14.3 Å². The van der Waals surface area contributed by atoms with E-state index in [2.05, 4.69) is 10.6 Å². The van der Waals surface area contributed by atoms with Crippen LogP contribution in [0, 0.1) is 30.1 Å². The zero-order chi connectivity index (χ0) is 19.0. The molecule has 0 atom stereocenters. The molecule has 1 aromatic rings. The van der Waals surface area contributed by atoms with E-state index in [1.165, 1.54) is 45.6 Å². The minimum Gasteiger partial charge on any atom is -0.375 e. The van der Waals surface area contributed by atoms with Crippen molar-refractivity contribution in [3.63, 3.8) is 0 Å². The maximum atomic E-state index is 12.8. The summed E-state index contributed by atoms with van der Waals surface area (Å²) in [5.41, 5.74) is 2.72. The number of methoxy groups -OCH3 is 1. The van der Waals surface area contributed by atoms with Crippen molar-refractivity contribution in [3.05, 3.63) is 23.8 Å². The van der Waals surface area contributed by atoms with Gasteiger partial charge < -0.3 is 15.4 Å². The van der Waals surface area contributed by atoms with Crippen LogP contribution in [0.5, 0.6) is 0 Å². The van der Waals surface area contributed by atoms with Gasteiger partial charge in [0.1, 0.15) is 6.61 Å². The van der Waals surface area contributed by atoms with Crippen LogP contribution < -0.4 is 10.6 Å². The molecule has 4 fully saturated rings. The van der Waals surface area contributed by atoms with Gasteiger partial charge in [0.05, 0.1) is 0 Å². The summed E-state index contributed by atoms with van der Waals surface area (Å²) < 4.78 is 4.84. The Morgan fingerprint density at radius 2 is 1.67 bits per heavy atom. The number of hydrogen-bond donors (Lipinski definition) is 2. The Morgan fingerprint density at radius 1 is 1.04 bits per heavy atom. The van der Waals surface area contributed by atoms with Gasteiger partial charge in [-0.25, -0.2) is 0 Å². The molecule has 0 heterocycles. The molecule has 4 aliphatic rings. The highest BCUT2D eigenvalue weighted by molar-refractivity contribution is 5.94. The van der Waals surface area contributed by atoms with E-state index in [1.807, 2.05) is 25.1 Å². The average Bonchev–Trinajstić information content (AvgIpc) is 2.55. The molecule has 4 bridgehead atoms. The first-order valence-electron chi connectivity index (χ1n) is 10.1. The maximum Gasteiger partial charge on any atom is 0.250 e. The Kier molecular flexibility index (Phi) is 4.97. The smallest absolute Gasteiger partial charge is 0.250 e. The van der Waals surface area contributed by atoms with E-state index in [4.69, 9.17) is 4.74 Å². The van der Waals surface area contributed by atoms with Crippen LogP contribution in [0.15, 0.2) is 18.2 Å². The predicted octanol–water partition coefficient (Wildman–Crippen LogP) is 4.12. The van der Waals surface area contributed by atoms with E-state index in [0.29, 0.717) is 6.42 Å². The number of carbonyl (C=O) groups is 2. The van der Waals surface area contributed by atoms with Crippen molar-refractivity contribution in [2.45, 2.75) is 51.9 Å². The van der Waals surface area contributed by atoms with Crippen molar-refractivity contribution in [3.8, 4) is 0 Å². The highest BCUT2D eigenvalue weighted by atomic mass is 16.5. The number of hydrogen-bond acceptors (Lipinski definition) is 3. The van der Waals surface area contributed by atoms with Crippen molar-refractivity contribution in [1.82, 2.24) is 0 Å². The van der Waals surface area contributed by atoms with Crippen molar-refractivity contribution in [2.75, 3.05) is 24.4 Å². The summed E-state index contributed by atoms with van der Waals surface area (Å²) in [6, 6.07) is 5.61. The molecule has 5 rings (SSSR count). The highest BCUT2D eigenvalue weighted by Gasteiger charge is 2.51. The third-order valence-electron chi connectivity index (χ3n) is 6.76. The Labute approximate surface area is 161 Å². The van der Waals surface area contributed by atoms with Gasteiger partial charge in [-0.15, -0.1) is 0 Å². The quantitative estimate of drug-likeness (QED) is 0.791. The second-order valence-corrected chi connectivity index (χ2v) is 9.15. The van der Waals surface area contributed by atoms with Crippen molar-refractivity contribution >= 4 is 23.2 Å². The third kappa shape index (κ3) is 4.03. The summed E-state index contributed by atoms with van der Waals surface area (Å²) in [5, 5.41) is 5.91. The van der Waals surface area contributed by atoms with Gasteiger partial charge in [0.25, 0.3) is 0 Å². The molecule has 0 aromatic heterocycles. The zero-order valence-electron chi connectivity index (χ0n) is 16.3. The first-order valence-corrected chi connectivity index (χ1v) is 10.1. The highest BCUT2D eigenvalue weighted by Crippen LogP contribution is 2.61. The summed E-state index contributed by atoms with van der Waals surface area (Å²) in [7, 11) is 1.49. The maximum absolute atomic E-state index is 12.8. The minimum absolute atomic E-state index is 0.0307. The molecule has 4 saturated carbocycles. The van der Waals surface area contributed by atoms with E-state index < -0.39 is 0 Å². The summed E-state index contributed by atoms with van der Waals surface area (Å²) in [5.74, 6) is 2.54.